The molecule has 3 rings (SSSR count). The Morgan fingerprint density at radius 1 is 1.17 bits per heavy atom. The molecule has 2 N–H and O–H groups in total. The summed E-state index contributed by atoms with van der Waals surface area (Å²) in [6.07, 6.45) is 8.65. The van der Waals surface area contributed by atoms with Crippen molar-refractivity contribution in [3.8, 4) is 0 Å². The number of aromatic amines is 1. The molecule has 1 aliphatic carbocycles. The maximum Gasteiger partial charge on any atom is 0.343 e. The molecule has 23 heavy (non-hydrogen) atoms. The second-order valence-corrected chi connectivity index (χ2v) is 7.51. The van der Waals surface area contributed by atoms with Gasteiger partial charge in [-0.2, -0.15) is 5.10 Å². The first-order valence-corrected chi connectivity index (χ1v) is 9.15. The van der Waals surface area contributed by atoms with Crippen LogP contribution in [0.5, 0.6) is 0 Å². The summed E-state index contributed by atoms with van der Waals surface area (Å²) in [5.74, 6) is 2.32. The largest absolute Gasteiger partial charge is 0.343 e. The smallest absolute Gasteiger partial charge is 0.313 e. The van der Waals surface area contributed by atoms with Crippen molar-refractivity contribution in [1.82, 2.24) is 25.0 Å². The molecule has 1 saturated heterocycles. The number of piperidine rings is 1. The Morgan fingerprint density at radius 2 is 1.91 bits per heavy atom. The van der Waals surface area contributed by atoms with Crippen molar-refractivity contribution in [1.29, 1.82) is 0 Å². The Hall–Kier alpha value is -1.14. The number of hydrogen-bond donors (Lipinski definition) is 2. The summed E-state index contributed by atoms with van der Waals surface area (Å²) in [4.78, 5) is 14.0. The predicted octanol–water partition coefficient (Wildman–Crippen LogP) is 1.14. The number of H-pyrrole nitrogens is 1. The van der Waals surface area contributed by atoms with E-state index in [-0.39, 0.29) is 5.69 Å². The summed E-state index contributed by atoms with van der Waals surface area (Å²) >= 11 is 0. The van der Waals surface area contributed by atoms with Crippen molar-refractivity contribution < 1.29 is 0 Å². The van der Waals surface area contributed by atoms with E-state index in [1.54, 1.807) is 4.57 Å². The minimum absolute atomic E-state index is 0.105. The zero-order valence-corrected chi connectivity index (χ0v) is 14.6. The summed E-state index contributed by atoms with van der Waals surface area (Å²) < 4.78 is 1.66. The van der Waals surface area contributed by atoms with Gasteiger partial charge in [0.25, 0.3) is 0 Å². The molecule has 0 bridgehead atoms. The third kappa shape index (κ3) is 4.23. The molecule has 6 nitrogen and oxygen atoms in total. The Labute approximate surface area is 138 Å². The molecule has 1 saturated carbocycles. The monoisotopic (exact) mass is 321 g/mol. The third-order valence-corrected chi connectivity index (χ3v) is 5.83. The molecule has 0 radical (unpaired) electrons. The lowest BCUT2D eigenvalue weighted by atomic mass is 9.81. The van der Waals surface area contributed by atoms with Gasteiger partial charge >= 0.3 is 5.69 Å². The van der Waals surface area contributed by atoms with Crippen molar-refractivity contribution in [2.24, 2.45) is 18.9 Å². The van der Waals surface area contributed by atoms with E-state index in [1.807, 2.05) is 7.05 Å². The van der Waals surface area contributed by atoms with Gasteiger partial charge in [0.1, 0.15) is 5.82 Å². The van der Waals surface area contributed by atoms with E-state index in [2.05, 4.69) is 27.5 Å². The highest BCUT2D eigenvalue weighted by Gasteiger charge is 2.27. The third-order valence-electron chi connectivity index (χ3n) is 5.83. The summed E-state index contributed by atoms with van der Waals surface area (Å²) in [6, 6.07) is 0.579. The Kier molecular flexibility index (Phi) is 5.54. The van der Waals surface area contributed by atoms with E-state index in [4.69, 9.17) is 0 Å². The van der Waals surface area contributed by atoms with Crippen LogP contribution in [0.3, 0.4) is 0 Å². The zero-order chi connectivity index (χ0) is 16.2. The maximum atomic E-state index is 11.5. The van der Waals surface area contributed by atoms with Gasteiger partial charge in [-0.05, 0) is 64.2 Å². The van der Waals surface area contributed by atoms with Gasteiger partial charge in [0, 0.05) is 19.5 Å². The van der Waals surface area contributed by atoms with Crippen LogP contribution in [0.4, 0.5) is 0 Å². The van der Waals surface area contributed by atoms with Gasteiger partial charge in [0.15, 0.2) is 0 Å². The normalized spacial score (nSPS) is 27.4. The highest BCUT2D eigenvalue weighted by Crippen LogP contribution is 2.27. The van der Waals surface area contributed by atoms with Gasteiger partial charge in [0.05, 0.1) is 0 Å². The molecule has 2 heterocycles. The molecule has 2 aliphatic rings. The van der Waals surface area contributed by atoms with Gasteiger partial charge in [-0.25, -0.2) is 9.89 Å². The van der Waals surface area contributed by atoms with E-state index in [9.17, 15) is 4.79 Å². The molecule has 2 fully saturated rings. The highest BCUT2D eigenvalue weighted by molar-refractivity contribution is 4.93. The molecular formula is C17H31N5O. The number of nitrogens with zero attached hydrogens (tertiary/aromatic N) is 3. The predicted molar refractivity (Wildman–Crippen MR) is 91.5 cm³/mol. The van der Waals surface area contributed by atoms with Crippen LogP contribution >= 0.6 is 0 Å². The first kappa shape index (κ1) is 16.7. The van der Waals surface area contributed by atoms with Gasteiger partial charge in [-0.1, -0.05) is 12.8 Å². The number of nitrogens with one attached hydrogen (secondary N) is 2. The summed E-state index contributed by atoms with van der Waals surface area (Å²) in [5.41, 5.74) is -0.105. The van der Waals surface area contributed by atoms with Crippen molar-refractivity contribution in [2.45, 2.75) is 51.0 Å². The van der Waals surface area contributed by atoms with Crippen LogP contribution in [0.25, 0.3) is 0 Å². The average molecular weight is 321 g/mol. The first-order chi connectivity index (χ1) is 11.1. The topological polar surface area (TPSA) is 66.0 Å². The standard InChI is InChI=1S/C17H31N5O/c1-21-9-7-13(8-10-21)12-18-15-6-4-3-5-14(15)11-16-19-20-17(23)22(16)2/h13-15,18H,3-12H2,1-2H3,(H,20,23)/t14-,15-/m1/s1. The molecule has 0 spiro atoms. The molecule has 6 heteroatoms. The minimum Gasteiger partial charge on any atom is -0.313 e. The Morgan fingerprint density at radius 3 is 2.61 bits per heavy atom. The fourth-order valence-electron chi connectivity index (χ4n) is 4.10. The van der Waals surface area contributed by atoms with E-state index < -0.39 is 0 Å². The Balaban J connectivity index is 1.54. The number of likely N-dealkylation sites (tertiary alicyclic amines) is 1. The molecule has 1 aliphatic heterocycles. The molecule has 2 atom stereocenters. The highest BCUT2D eigenvalue weighted by atomic mass is 16.1. The first-order valence-electron chi connectivity index (χ1n) is 9.15. The maximum absolute atomic E-state index is 11.5. The molecule has 0 aromatic carbocycles. The lowest BCUT2D eigenvalue weighted by Gasteiger charge is -2.35. The van der Waals surface area contributed by atoms with Crippen LogP contribution in [-0.2, 0) is 13.5 Å². The molecule has 0 unspecified atom stereocenters. The average Bonchev–Trinajstić information content (AvgIpc) is 2.88. The fraction of sp³-hybridized carbons (Fsp3) is 0.882. The van der Waals surface area contributed by atoms with E-state index >= 15 is 0 Å². The SMILES string of the molecule is CN1CCC(CN[C@@H]2CCCC[C@@H]2Cc2n[nH]c(=O)n2C)CC1. The van der Waals surface area contributed by atoms with Crippen molar-refractivity contribution in [3.05, 3.63) is 16.3 Å². The van der Waals surface area contributed by atoms with Crippen LogP contribution in [-0.4, -0.2) is 52.4 Å². The van der Waals surface area contributed by atoms with Crippen LogP contribution < -0.4 is 11.0 Å². The molecular weight excluding hydrogens is 290 g/mol. The van der Waals surface area contributed by atoms with Gasteiger partial charge in [-0.15, -0.1) is 0 Å². The van der Waals surface area contributed by atoms with Crippen molar-refractivity contribution in [3.63, 3.8) is 0 Å². The summed E-state index contributed by atoms with van der Waals surface area (Å²) in [7, 11) is 4.03. The summed E-state index contributed by atoms with van der Waals surface area (Å²) in [6.45, 7) is 3.61. The van der Waals surface area contributed by atoms with Crippen LogP contribution in [0.2, 0.25) is 0 Å². The van der Waals surface area contributed by atoms with Crippen LogP contribution in [0.1, 0.15) is 44.3 Å². The Bertz CT molecular complexity index is 543. The quantitative estimate of drug-likeness (QED) is 0.853. The molecule has 0 amide bonds. The zero-order valence-electron chi connectivity index (χ0n) is 14.6. The molecule has 1 aromatic heterocycles. The number of hydrogen-bond acceptors (Lipinski definition) is 4. The van der Waals surface area contributed by atoms with E-state index in [1.165, 1.54) is 51.6 Å². The van der Waals surface area contributed by atoms with Crippen molar-refractivity contribution in [2.75, 3.05) is 26.7 Å². The lowest BCUT2D eigenvalue weighted by Crippen LogP contribution is -2.44. The van der Waals surface area contributed by atoms with E-state index in [0.29, 0.717) is 12.0 Å². The fourth-order valence-corrected chi connectivity index (χ4v) is 4.10. The molecule has 130 valence electrons. The lowest BCUT2D eigenvalue weighted by molar-refractivity contribution is 0.194. The van der Waals surface area contributed by atoms with Crippen LogP contribution in [0, 0.1) is 11.8 Å². The minimum atomic E-state index is -0.105. The van der Waals surface area contributed by atoms with E-state index in [0.717, 1.165) is 24.7 Å². The van der Waals surface area contributed by atoms with Gasteiger partial charge in [-0.3, -0.25) is 4.57 Å². The van der Waals surface area contributed by atoms with Gasteiger partial charge in [0.2, 0.25) is 0 Å². The van der Waals surface area contributed by atoms with Gasteiger partial charge < -0.3 is 10.2 Å². The van der Waals surface area contributed by atoms with Crippen LogP contribution in [0.15, 0.2) is 4.79 Å². The molecule has 1 aromatic rings. The number of rotatable bonds is 5. The summed E-state index contributed by atoms with van der Waals surface area (Å²) in [5, 5.41) is 10.6. The second kappa shape index (κ2) is 7.62. The second-order valence-electron chi connectivity index (χ2n) is 7.51. The number of aromatic nitrogens is 3. The van der Waals surface area contributed by atoms with Crippen molar-refractivity contribution >= 4 is 0 Å².